The van der Waals surface area contributed by atoms with Gasteiger partial charge in [0.05, 0.1) is 14.2 Å². The number of aryl methyl sites for hydroxylation is 1. The molecule has 1 aromatic carbocycles. The summed E-state index contributed by atoms with van der Waals surface area (Å²) < 4.78 is 10.7. The Morgan fingerprint density at radius 2 is 2.00 bits per heavy atom. The van der Waals surface area contributed by atoms with E-state index in [-0.39, 0.29) is 24.4 Å². The molecule has 1 N–H and O–H groups in total. The fourth-order valence-corrected chi connectivity index (χ4v) is 3.60. The second-order valence-corrected chi connectivity index (χ2v) is 6.96. The Hall–Kier alpha value is -1.11. The number of benzene rings is 1. The smallest absolute Gasteiger partial charge is 0.224 e. The second kappa shape index (κ2) is 10.0. The molecular formula is C17H27ClN2O3S. The molecule has 0 spiro atoms. The van der Waals surface area contributed by atoms with E-state index in [0.717, 1.165) is 29.2 Å². The van der Waals surface area contributed by atoms with Gasteiger partial charge in [0.25, 0.3) is 0 Å². The van der Waals surface area contributed by atoms with Crippen molar-refractivity contribution in [3.05, 3.63) is 23.3 Å². The average molecular weight is 375 g/mol. The van der Waals surface area contributed by atoms with Crippen LogP contribution in [0.3, 0.4) is 0 Å². The number of methoxy groups -OCH3 is 2. The third-order valence-electron chi connectivity index (χ3n) is 4.09. The molecule has 7 heteroatoms. The Morgan fingerprint density at radius 3 is 2.58 bits per heavy atom. The number of hydrogen-bond acceptors (Lipinski definition) is 5. The van der Waals surface area contributed by atoms with Crippen molar-refractivity contribution in [3.63, 3.8) is 0 Å². The van der Waals surface area contributed by atoms with E-state index in [1.165, 1.54) is 0 Å². The Bertz CT molecular complexity index is 551. The largest absolute Gasteiger partial charge is 0.493 e. The van der Waals surface area contributed by atoms with E-state index < -0.39 is 0 Å². The molecule has 0 aliphatic carbocycles. The fraction of sp³-hybridized carbons (Fsp3) is 0.588. The number of amides is 1. The molecule has 1 amide bonds. The highest BCUT2D eigenvalue weighted by Gasteiger charge is 2.20. The number of nitrogens with zero attached hydrogens (tertiary/aromatic N) is 1. The van der Waals surface area contributed by atoms with Crippen LogP contribution in [0, 0.1) is 6.92 Å². The highest BCUT2D eigenvalue weighted by atomic mass is 35.5. The summed E-state index contributed by atoms with van der Waals surface area (Å²) >= 11 is 1.91. The summed E-state index contributed by atoms with van der Waals surface area (Å²) in [5.41, 5.74) is 2.16. The van der Waals surface area contributed by atoms with Gasteiger partial charge in [-0.25, -0.2) is 0 Å². The van der Waals surface area contributed by atoms with Crippen LogP contribution < -0.4 is 14.8 Å². The van der Waals surface area contributed by atoms with E-state index >= 15 is 0 Å². The quantitative estimate of drug-likeness (QED) is 0.829. The summed E-state index contributed by atoms with van der Waals surface area (Å²) in [5.74, 6) is 3.71. The number of carbonyl (C=O) groups excluding carboxylic acids is 1. The maximum atomic E-state index is 12.4. The highest BCUT2D eigenvalue weighted by molar-refractivity contribution is 7.99. The Morgan fingerprint density at radius 1 is 1.33 bits per heavy atom. The summed E-state index contributed by atoms with van der Waals surface area (Å²) in [6.45, 7) is 3.58. The number of halogens is 1. The molecule has 0 saturated carbocycles. The first-order valence-electron chi connectivity index (χ1n) is 7.81. The monoisotopic (exact) mass is 374 g/mol. The van der Waals surface area contributed by atoms with Crippen molar-refractivity contribution in [2.24, 2.45) is 0 Å². The predicted octanol–water partition coefficient (Wildman–Crippen LogP) is 2.49. The van der Waals surface area contributed by atoms with Gasteiger partial charge in [-0.2, -0.15) is 11.8 Å². The number of hydrogen-bond donors (Lipinski definition) is 1. The number of nitrogens with one attached hydrogen (secondary N) is 1. The van der Waals surface area contributed by atoms with Crippen molar-refractivity contribution >= 4 is 30.1 Å². The molecule has 2 rings (SSSR count). The second-order valence-electron chi connectivity index (χ2n) is 5.81. The van der Waals surface area contributed by atoms with Crippen molar-refractivity contribution in [3.8, 4) is 11.5 Å². The first-order chi connectivity index (χ1) is 11.0. The van der Waals surface area contributed by atoms with E-state index in [0.29, 0.717) is 24.5 Å². The lowest BCUT2D eigenvalue weighted by molar-refractivity contribution is -0.130. The molecule has 0 aromatic heterocycles. The van der Waals surface area contributed by atoms with Crippen LogP contribution in [0.4, 0.5) is 0 Å². The summed E-state index contributed by atoms with van der Waals surface area (Å²) in [5, 5.41) is 3.41. The predicted molar refractivity (Wildman–Crippen MR) is 102 cm³/mol. The molecule has 1 aromatic rings. The number of thioether (sulfide) groups is 1. The van der Waals surface area contributed by atoms with Crippen LogP contribution in [0.15, 0.2) is 12.1 Å². The minimum Gasteiger partial charge on any atom is -0.493 e. The molecule has 1 fully saturated rings. The van der Waals surface area contributed by atoms with Crippen LogP contribution in [-0.2, 0) is 11.3 Å². The zero-order valence-corrected chi connectivity index (χ0v) is 16.4. The minimum atomic E-state index is 0. The van der Waals surface area contributed by atoms with Gasteiger partial charge in [0.1, 0.15) is 0 Å². The first-order valence-corrected chi connectivity index (χ1v) is 8.97. The van der Waals surface area contributed by atoms with Crippen LogP contribution in [0.5, 0.6) is 11.5 Å². The summed E-state index contributed by atoms with van der Waals surface area (Å²) in [6, 6.07) is 4.19. The van der Waals surface area contributed by atoms with Gasteiger partial charge < -0.3 is 19.7 Å². The Balaban J connectivity index is 0.00000288. The highest BCUT2D eigenvalue weighted by Crippen LogP contribution is 2.30. The van der Waals surface area contributed by atoms with Crippen molar-refractivity contribution in [1.29, 1.82) is 0 Å². The third kappa shape index (κ3) is 5.46. The standard InChI is InChI=1S/C17H26N2O3S.ClH/c1-12-7-15(21-3)16(22-4)8-13(12)10-19(2)17(20)9-14-11-23-6-5-18-14;/h7-8,14,18H,5-6,9-11H2,1-4H3;1H. The van der Waals surface area contributed by atoms with Gasteiger partial charge in [-0.3, -0.25) is 4.79 Å². The van der Waals surface area contributed by atoms with Crippen LogP contribution in [0.2, 0.25) is 0 Å². The van der Waals surface area contributed by atoms with E-state index in [4.69, 9.17) is 9.47 Å². The molecule has 1 atom stereocenters. The number of carbonyl (C=O) groups is 1. The molecule has 0 radical (unpaired) electrons. The van der Waals surface area contributed by atoms with E-state index in [1.54, 1.807) is 19.1 Å². The molecule has 1 saturated heterocycles. The van der Waals surface area contributed by atoms with Crippen LogP contribution >= 0.6 is 24.2 Å². The van der Waals surface area contributed by atoms with Crippen molar-refractivity contribution in [2.45, 2.75) is 25.9 Å². The van der Waals surface area contributed by atoms with Gasteiger partial charge in [-0.05, 0) is 30.2 Å². The molecule has 0 bridgehead atoms. The van der Waals surface area contributed by atoms with Crippen LogP contribution in [0.25, 0.3) is 0 Å². The maximum absolute atomic E-state index is 12.4. The summed E-state index contributed by atoms with van der Waals surface area (Å²) in [6.07, 6.45) is 0.551. The molecule has 136 valence electrons. The SMILES string of the molecule is COc1cc(C)c(CN(C)C(=O)CC2CSCCN2)cc1OC.Cl. The van der Waals surface area contributed by atoms with Gasteiger partial charge in [0.15, 0.2) is 11.5 Å². The van der Waals surface area contributed by atoms with Crippen LogP contribution in [-0.4, -0.2) is 56.2 Å². The molecule has 1 aliphatic rings. The lowest BCUT2D eigenvalue weighted by atomic mass is 10.1. The van der Waals surface area contributed by atoms with Gasteiger partial charge in [-0.15, -0.1) is 12.4 Å². The Kier molecular flexibility index (Phi) is 8.73. The van der Waals surface area contributed by atoms with Crippen molar-refractivity contribution in [1.82, 2.24) is 10.2 Å². The van der Waals surface area contributed by atoms with E-state index in [2.05, 4.69) is 5.32 Å². The topological polar surface area (TPSA) is 50.8 Å². The first kappa shape index (κ1) is 20.9. The van der Waals surface area contributed by atoms with E-state index in [1.807, 2.05) is 37.9 Å². The normalized spacial score (nSPS) is 16.9. The van der Waals surface area contributed by atoms with Crippen LogP contribution in [0.1, 0.15) is 17.5 Å². The lowest BCUT2D eigenvalue weighted by Gasteiger charge is -2.26. The molecule has 24 heavy (non-hydrogen) atoms. The number of rotatable bonds is 6. The molecule has 5 nitrogen and oxygen atoms in total. The van der Waals surface area contributed by atoms with Gasteiger partial charge in [-0.1, -0.05) is 0 Å². The molecule has 1 aliphatic heterocycles. The summed E-state index contributed by atoms with van der Waals surface area (Å²) in [4.78, 5) is 14.2. The maximum Gasteiger partial charge on any atom is 0.224 e. The fourth-order valence-electron chi connectivity index (χ4n) is 2.65. The number of ether oxygens (including phenoxy) is 2. The zero-order valence-electron chi connectivity index (χ0n) is 14.8. The molecule has 1 heterocycles. The lowest BCUT2D eigenvalue weighted by Crippen LogP contribution is -2.41. The van der Waals surface area contributed by atoms with Crippen molar-refractivity contribution in [2.75, 3.05) is 39.3 Å². The van der Waals surface area contributed by atoms with Gasteiger partial charge >= 0.3 is 0 Å². The zero-order chi connectivity index (χ0) is 16.8. The van der Waals surface area contributed by atoms with Crippen molar-refractivity contribution < 1.29 is 14.3 Å². The third-order valence-corrected chi connectivity index (χ3v) is 5.23. The summed E-state index contributed by atoms with van der Waals surface area (Å²) in [7, 11) is 5.11. The Labute approximate surface area is 154 Å². The van der Waals surface area contributed by atoms with Gasteiger partial charge in [0.2, 0.25) is 5.91 Å². The van der Waals surface area contributed by atoms with E-state index in [9.17, 15) is 4.79 Å². The minimum absolute atomic E-state index is 0. The molecule has 1 unspecified atom stereocenters. The average Bonchev–Trinajstić information content (AvgIpc) is 2.57. The van der Waals surface area contributed by atoms with Gasteiger partial charge in [0, 0.05) is 44.1 Å². The molecular weight excluding hydrogens is 348 g/mol.